The quantitative estimate of drug-likeness (QED) is 0.231. The van der Waals surface area contributed by atoms with E-state index in [9.17, 15) is 4.79 Å². The summed E-state index contributed by atoms with van der Waals surface area (Å²) in [6.07, 6.45) is 1.82. The average molecular weight is 159 g/mol. The van der Waals surface area contributed by atoms with Gasteiger partial charge in [-0.1, -0.05) is 0 Å². The zero-order chi connectivity index (χ0) is 7.72. The van der Waals surface area contributed by atoms with Crippen molar-refractivity contribution in [3.63, 3.8) is 0 Å². The molecule has 0 saturated heterocycles. The lowest BCUT2D eigenvalue weighted by Crippen LogP contribution is -2.46. The Bertz CT molecular complexity index is 178. The smallest absolute Gasteiger partial charge is 0.246 e. The molecule has 1 rings (SSSR count). The number of nitrogens with two attached hydrogens (primary N) is 2. The summed E-state index contributed by atoms with van der Waals surface area (Å²) in [4.78, 5) is 11.0. The van der Waals surface area contributed by atoms with Crippen LogP contribution in [-0.2, 0) is 4.79 Å². The molecular weight excluding hydrogens is 150 g/mol. The molecule has 4 nitrogen and oxygen atoms in total. The molecule has 0 radical (unpaired) electrons. The van der Waals surface area contributed by atoms with Crippen molar-refractivity contribution in [3.05, 3.63) is 0 Å². The summed E-state index contributed by atoms with van der Waals surface area (Å²) in [5.74, 6) is 5.13. The number of thiocarbonyl (C=S) groups is 1. The first kappa shape index (κ1) is 7.43. The van der Waals surface area contributed by atoms with Gasteiger partial charge < -0.3 is 5.73 Å². The Morgan fingerprint density at radius 2 is 2.10 bits per heavy atom. The van der Waals surface area contributed by atoms with Gasteiger partial charge in [0, 0.05) is 5.92 Å². The van der Waals surface area contributed by atoms with E-state index >= 15 is 0 Å². The lowest BCUT2D eigenvalue weighted by atomic mass is 10.4. The number of rotatable bonds is 1. The summed E-state index contributed by atoms with van der Waals surface area (Å²) in [5.41, 5.74) is 5.11. The summed E-state index contributed by atoms with van der Waals surface area (Å²) < 4.78 is 0. The van der Waals surface area contributed by atoms with Gasteiger partial charge in [-0.2, -0.15) is 0 Å². The topological polar surface area (TPSA) is 72.3 Å². The van der Waals surface area contributed by atoms with Crippen molar-refractivity contribution in [1.29, 1.82) is 0 Å². The number of nitrogens with zero attached hydrogens (tertiary/aromatic N) is 1. The predicted molar refractivity (Wildman–Crippen MR) is 40.5 cm³/mol. The lowest BCUT2D eigenvalue weighted by Gasteiger charge is -2.12. The minimum absolute atomic E-state index is 0.0584. The molecule has 0 heterocycles. The largest absolute Gasteiger partial charge is 0.375 e. The fourth-order valence-corrected chi connectivity index (χ4v) is 0.726. The molecule has 1 aliphatic rings. The molecule has 1 amide bonds. The van der Waals surface area contributed by atoms with Gasteiger partial charge in [0.25, 0.3) is 0 Å². The van der Waals surface area contributed by atoms with E-state index in [-0.39, 0.29) is 16.9 Å². The second-order valence-corrected chi connectivity index (χ2v) is 2.74. The highest BCUT2D eigenvalue weighted by Gasteiger charge is 2.33. The van der Waals surface area contributed by atoms with Crippen molar-refractivity contribution < 1.29 is 4.79 Å². The van der Waals surface area contributed by atoms with Crippen LogP contribution in [-0.4, -0.2) is 16.0 Å². The summed E-state index contributed by atoms with van der Waals surface area (Å²) in [6.45, 7) is 0. The van der Waals surface area contributed by atoms with Crippen LogP contribution < -0.4 is 11.6 Å². The minimum atomic E-state index is -0.160. The number of carbonyl (C=O) groups excluding carboxylic acids is 1. The summed E-state index contributed by atoms with van der Waals surface area (Å²) in [5, 5.41) is 0.782. The van der Waals surface area contributed by atoms with Crippen molar-refractivity contribution in [2.75, 3.05) is 0 Å². The molecule has 56 valence electrons. The van der Waals surface area contributed by atoms with Crippen LogP contribution in [0.3, 0.4) is 0 Å². The van der Waals surface area contributed by atoms with E-state index < -0.39 is 0 Å². The SMILES string of the molecule is NC(=S)N(N)C(=O)C1CC1. The van der Waals surface area contributed by atoms with E-state index in [4.69, 9.17) is 11.6 Å². The van der Waals surface area contributed by atoms with Gasteiger partial charge in [-0.15, -0.1) is 0 Å². The standard InChI is InChI=1S/C5H9N3OS/c6-5(10)8(7)4(9)3-1-2-3/h3H,1-2,7H2,(H2,6,10). The van der Waals surface area contributed by atoms with Crippen molar-refractivity contribution in [3.8, 4) is 0 Å². The van der Waals surface area contributed by atoms with Gasteiger partial charge in [-0.05, 0) is 25.1 Å². The van der Waals surface area contributed by atoms with E-state index in [2.05, 4.69) is 12.2 Å². The molecule has 0 aliphatic heterocycles. The molecular formula is C5H9N3OS. The lowest BCUT2D eigenvalue weighted by molar-refractivity contribution is -0.128. The highest BCUT2D eigenvalue weighted by Crippen LogP contribution is 2.30. The van der Waals surface area contributed by atoms with E-state index in [1.165, 1.54) is 0 Å². The zero-order valence-corrected chi connectivity index (χ0v) is 6.23. The molecule has 0 unspecified atom stereocenters. The maximum absolute atomic E-state index is 11.0. The Morgan fingerprint density at radius 1 is 1.60 bits per heavy atom. The van der Waals surface area contributed by atoms with Gasteiger partial charge >= 0.3 is 0 Å². The van der Waals surface area contributed by atoms with Crippen LogP contribution in [0.5, 0.6) is 0 Å². The van der Waals surface area contributed by atoms with Crippen molar-refractivity contribution in [2.24, 2.45) is 17.5 Å². The molecule has 1 aliphatic carbocycles. The number of carbonyl (C=O) groups is 1. The Balaban J connectivity index is 2.46. The molecule has 0 aromatic heterocycles. The highest BCUT2D eigenvalue weighted by molar-refractivity contribution is 7.80. The number of hydrazine groups is 1. The Kier molecular flexibility index (Phi) is 1.87. The van der Waals surface area contributed by atoms with E-state index in [0.717, 1.165) is 17.9 Å². The van der Waals surface area contributed by atoms with Crippen LogP contribution in [0, 0.1) is 5.92 Å². The predicted octanol–water partition coefficient (Wildman–Crippen LogP) is -0.658. The molecule has 0 atom stereocenters. The van der Waals surface area contributed by atoms with Gasteiger partial charge in [-0.3, -0.25) is 4.79 Å². The maximum atomic E-state index is 11.0. The Labute approximate surface area is 64.1 Å². The summed E-state index contributed by atoms with van der Waals surface area (Å²) in [7, 11) is 0. The molecule has 5 heteroatoms. The number of hydrogen-bond donors (Lipinski definition) is 2. The van der Waals surface area contributed by atoms with Crippen LogP contribution in [0.15, 0.2) is 0 Å². The van der Waals surface area contributed by atoms with Crippen LogP contribution in [0.25, 0.3) is 0 Å². The normalized spacial score (nSPS) is 16.5. The third kappa shape index (κ3) is 1.43. The molecule has 1 saturated carbocycles. The van der Waals surface area contributed by atoms with Crippen LogP contribution >= 0.6 is 12.2 Å². The third-order valence-corrected chi connectivity index (χ3v) is 1.60. The van der Waals surface area contributed by atoms with Crippen LogP contribution in [0.2, 0.25) is 0 Å². The number of amides is 1. The second-order valence-electron chi connectivity index (χ2n) is 2.32. The van der Waals surface area contributed by atoms with Crippen molar-refractivity contribution >= 4 is 23.2 Å². The second kappa shape index (κ2) is 2.51. The van der Waals surface area contributed by atoms with E-state index in [1.807, 2.05) is 0 Å². The van der Waals surface area contributed by atoms with Gasteiger partial charge in [0.15, 0.2) is 5.11 Å². The van der Waals surface area contributed by atoms with Gasteiger partial charge in [0.1, 0.15) is 0 Å². The molecule has 0 bridgehead atoms. The highest BCUT2D eigenvalue weighted by atomic mass is 32.1. The first-order valence-corrected chi connectivity index (χ1v) is 3.42. The Morgan fingerprint density at radius 3 is 2.40 bits per heavy atom. The minimum Gasteiger partial charge on any atom is -0.375 e. The van der Waals surface area contributed by atoms with E-state index in [0.29, 0.717) is 0 Å². The first-order valence-electron chi connectivity index (χ1n) is 3.01. The van der Waals surface area contributed by atoms with Crippen molar-refractivity contribution in [2.45, 2.75) is 12.8 Å². The summed E-state index contributed by atoms with van der Waals surface area (Å²) >= 11 is 4.50. The molecule has 4 N–H and O–H groups in total. The van der Waals surface area contributed by atoms with Crippen LogP contribution in [0.4, 0.5) is 0 Å². The van der Waals surface area contributed by atoms with Gasteiger partial charge in [0.05, 0.1) is 0 Å². The average Bonchev–Trinajstić information content (AvgIpc) is 2.65. The summed E-state index contributed by atoms with van der Waals surface area (Å²) in [6, 6.07) is 0. The van der Waals surface area contributed by atoms with Crippen LogP contribution in [0.1, 0.15) is 12.8 Å². The molecule has 10 heavy (non-hydrogen) atoms. The zero-order valence-electron chi connectivity index (χ0n) is 5.41. The van der Waals surface area contributed by atoms with Crippen molar-refractivity contribution in [1.82, 2.24) is 5.01 Å². The first-order chi connectivity index (χ1) is 4.63. The molecule has 0 aromatic carbocycles. The monoisotopic (exact) mass is 159 g/mol. The number of hydrogen-bond acceptors (Lipinski definition) is 3. The fraction of sp³-hybridized carbons (Fsp3) is 0.600. The maximum Gasteiger partial charge on any atom is 0.246 e. The van der Waals surface area contributed by atoms with E-state index in [1.54, 1.807) is 0 Å². The van der Waals surface area contributed by atoms with Gasteiger partial charge in [0.2, 0.25) is 5.91 Å². The molecule has 0 aromatic rings. The Hall–Kier alpha value is -0.680. The fourth-order valence-electron chi connectivity index (χ4n) is 0.636. The molecule has 1 fully saturated rings. The molecule has 0 spiro atoms. The third-order valence-electron chi connectivity index (χ3n) is 1.40. The van der Waals surface area contributed by atoms with Gasteiger partial charge in [-0.25, -0.2) is 10.9 Å².